The van der Waals surface area contributed by atoms with Gasteiger partial charge in [0.1, 0.15) is 12.2 Å². The number of carbonyl (C=O) groups is 1. The highest BCUT2D eigenvalue weighted by atomic mass is 32.2. The molecule has 0 unspecified atom stereocenters. The molecule has 1 aromatic carbocycles. The van der Waals surface area contributed by atoms with Gasteiger partial charge in [0.05, 0.1) is 17.7 Å². The molecule has 0 bridgehead atoms. The molecule has 0 aromatic heterocycles. The Morgan fingerprint density at radius 2 is 1.61 bits per heavy atom. The standard InChI is InChI=1S/C27H47N3O7S2Si2/c1-25(2,3)40(8,9)34-16-21-27(20(28)17-39(32,33)37-27)22(36-41(10,11)26(4,5)6)23(35-21)30-24(31)29-18-12-14-19(38-7)15-13-18/h12-15,17,21-23H,16,28H2,1-11H3,(H2,29,30,31)/t21-,22+,23-,27-/m1/s1. The maximum Gasteiger partial charge on any atom is 0.321 e. The average molecular weight is 646 g/mol. The Morgan fingerprint density at radius 1 is 1.05 bits per heavy atom. The van der Waals surface area contributed by atoms with Gasteiger partial charge in [-0.2, -0.15) is 8.42 Å². The van der Waals surface area contributed by atoms with Crippen LogP contribution in [0.4, 0.5) is 10.5 Å². The van der Waals surface area contributed by atoms with Gasteiger partial charge in [-0.1, -0.05) is 41.5 Å². The molecule has 2 amide bonds. The number of hydrogen-bond donors (Lipinski definition) is 3. The fourth-order valence-corrected chi connectivity index (χ4v) is 8.03. The lowest BCUT2D eigenvalue weighted by molar-refractivity contribution is -0.0419. The van der Waals surface area contributed by atoms with E-state index in [1.54, 1.807) is 23.9 Å². The van der Waals surface area contributed by atoms with Crippen molar-refractivity contribution in [1.29, 1.82) is 0 Å². The Balaban J connectivity index is 2.01. The fraction of sp³-hybridized carbons (Fsp3) is 0.667. The first-order valence-electron chi connectivity index (χ1n) is 13.7. The van der Waals surface area contributed by atoms with E-state index in [-0.39, 0.29) is 22.4 Å². The summed E-state index contributed by atoms with van der Waals surface area (Å²) in [7, 11) is -9.01. The number of ether oxygens (including phenoxy) is 1. The summed E-state index contributed by atoms with van der Waals surface area (Å²) in [6.07, 6.45) is -1.13. The third kappa shape index (κ3) is 7.23. The van der Waals surface area contributed by atoms with Gasteiger partial charge in [0.15, 0.2) is 28.5 Å². The monoisotopic (exact) mass is 645 g/mol. The maximum atomic E-state index is 13.2. The lowest BCUT2D eigenvalue weighted by Crippen LogP contribution is -2.61. The summed E-state index contributed by atoms with van der Waals surface area (Å²) in [5, 5.41) is 6.23. The number of anilines is 1. The van der Waals surface area contributed by atoms with Gasteiger partial charge in [-0.15, -0.1) is 11.8 Å². The van der Waals surface area contributed by atoms with Crippen molar-refractivity contribution in [3.8, 4) is 0 Å². The first kappa shape index (κ1) is 34.1. The minimum atomic E-state index is -4.14. The summed E-state index contributed by atoms with van der Waals surface area (Å²) in [5.41, 5.74) is 5.30. The molecule has 232 valence electrons. The topological polar surface area (TPSA) is 138 Å². The maximum absolute atomic E-state index is 13.2. The van der Waals surface area contributed by atoms with Crippen LogP contribution in [0.2, 0.25) is 36.3 Å². The number of thioether (sulfide) groups is 1. The minimum absolute atomic E-state index is 0.00780. The minimum Gasteiger partial charge on any atom is -0.414 e. The molecular formula is C27H47N3O7S2Si2. The first-order chi connectivity index (χ1) is 18.5. The molecule has 4 N–H and O–H groups in total. The van der Waals surface area contributed by atoms with Gasteiger partial charge in [-0.3, -0.25) is 0 Å². The Hall–Kier alpha value is -1.40. The second-order valence-electron chi connectivity index (χ2n) is 13.7. The molecule has 10 nitrogen and oxygen atoms in total. The number of nitrogens with two attached hydrogens (primary N) is 1. The number of amides is 2. The molecule has 1 saturated heterocycles. The van der Waals surface area contributed by atoms with Crippen LogP contribution in [0.5, 0.6) is 0 Å². The highest BCUT2D eigenvalue weighted by Crippen LogP contribution is 2.49. The summed E-state index contributed by atoms with van der Waals surface area (Å²) >= 11 is 1.60. The molecule has 2 aliphatic rings. The van der Waals surface area contributed by atoms with Crippen LogP contribution in [0.25, 0.3) is 0 Å². The number of rotatable bonds is 8. The molecule has 0 radical (unpaired) electrons. The molecule has 3 rings (SSSR count). The van der Waals surface area contributed by atoms with Crippen LogP contribution in [0.1, 0.15) is 41.5 Å². The zero-order chi connectivity index (χ0) is 31.2. The Bertz CT molecular complexity index is 1260. The van der Waals surface area contributed by atoms with Crippen LogP contribution < -0.4 is 16.4 Å². The van der Waals surface area contributed by atoms with E-state index in [0.29, 0.717) is 5.69 Å². The lowest BCUT2D eigenvalue weighted by atomic mass is 9.89. The van der Waals surface area contributed by atoms with Crippen molar-refractivity contribution in [3.63, 3.8) is 0 Å². The van der Waals surface area contributed by atoms with E-state index in [1.165, 1.54) is 0 Å². The molecule has 4 atom stereocenters. The summed E-state index contributed by atoms with van der Waals surface area (Å²) < 4.78 is 51.1. The Morgan fingerprint density at radius 3 is 2.07 bits per heavy atom. The predicted octanol–water partition coefficient (Wildman–Crippen LogP) is 5.57. The lowest BCUT2D eigenvalue weighted by Gasteiger charge is -2.43. The molecule has 2 heterocycles. The molecular weight excluding hydrogens is 599 g/mol. The Labute approximate surface area is 251 Å². The number of nitrogens with one attached hydrogen (secondary N) is 2. The van der Waals surface area contributed by atoms with E-state index in [1.807, 2.05) is 31.5 Å². The second-order valence-corrected chi connectivity index (χ2v) is 25.5. The summed E-state index contributed by atoms with van der Waals surface area (Å²) in [4.78, 5) is 14.3. The van der Waals surface area contributed by atoms with E-state index in [2.05, 4.69) is 65.3 Å². The molecule has 1 aromatic rings. The van der Waals surface area contributed by atoms with Gasteiger partial charge >= 0.3 is 6.03 Å². The first-order valence-corrected chi connectivity index (χ1v) is 22.2. The van der Waals surface area contributed by atoms with Crippen LogP contribution in [0.15, 0.2) is 40.3 Å². The van der Waals surface area contributed by atoms with Crippen molar-refractivity contribution < 1.29 is 31.0 Å². The van der Waals surface area contributed by atoms with Crippen molar-refractivity contribution in [2.24, 2.45) is 5.73 Å². The third-order valence-electron chi connectivity index (χ3n) is 8.71. The number of hydrogen-bond acceptors (Lipinski definition) is 9. The van der Waals surface area contributed by atoms with Crippen molar-refractivity contribution in [2.75, 3.05) is 18.2 Å². The average Bonchev–Trinajstić information content (AvgIpc) is 3.22. The van der Waals surface area contributed by atoms with E-state index in [9.17, 15) is 13.2 Å². The van der Waals surface area contributed by atoms with Gasteiger partial charge in [0.2, 0.25) is 0 Å². The largest absolute Gasteiger partial charge is 0.414 e. The van der Waals surface area contributed by atoms with E-state index < -0.39 is 56.8 Å². The predicted molar refractivity (Wildman–Crippen MR) is 169 cm³/mol. The normalized spacial score (nSPS) is 26.7. The molecule has 2 aliphatic heterocycles. The molecule has 14 heteroatoms. The van der Waals surface area contributed by atoms with Crippen LogP contribution in [-0.2, 0) is 27.9 Å². The zero-order valence-corrected chi connectivity index (χ0v) is 29.7. The third-order valence-corrected chi connectivity index (χ3v) is 19.5. The van der Waals surface area contributed by atoms with Crippen LogP contribution in [-0.4, -0.2) is 68.0 Å². The summed E-state index contributed by atoms with van der Waals surface area (Å²) in [5.74, 6) is 0. The molecule has 41 heavy (non-hydrogen) atoms. The van der Waals surface area contributed by atoms with Crippen molar-refractivity contribution in [1.82, 2.24) is 5.32 Å². The van der Waals surface area contributed by atoms with Crippen LogP contribution in [0.3, 0.4) is 0 Å². The molecule has 1 fully saturated rings. The number of urea groups is 1. The summed E-state index contributed by atoms with van der Waals surface area (Å²) in [6.45, 7) is 20.8. The van der Waals surface area contributed by atoms with Gasteiger partial charge < -0.3 is 30.0 Å². The molecule has 0 aliphatic carbocycles. The summed E-state index contributed by atoms with van der Waals surface area (Å²) in [6, 6.07) is 6.87. The highest BCUT2D eigenvalue weighted by Gasteiger charge is 2.67. The van der Waals surface area contributed by atoms with Gasteiger partial charge in [-0.25, -0.2) is 8.98 Å². The molecule has 0 saturated carbocycles. The van der Waals surface area contributed by atoms with Crippen LogP contribution in [0, 0.1) is 0 Å². The zero-order valence-electron chi connectivity index (χ0n) is 26.1. The van der Waals surface area contributed by atoms with Crippen molar-refractivity contribution in [2.45, 2.75) is 107 Å². The fourth-order valence-electron chi connectivity index (χ4n) is 4.11. The van der Waals surface area contributed by atoms with E-state index in [4.69, 9.17) is 23.5 Å². The SMILES string of the molecule is CSc1ccc(NC(=O)N[C@@H]2O[C@H](CO[Si](C)(C)C(C)(C)C)[C@@]3(OS(=O)(=O)C=C3N)[C@H]2O[Si](C)(C)C(C)(C)C)cc1. The quantitative estimate of drug-likeness (QED) is 0.188. The highest BCUT2D eigenvalue weighted by molar-refractivity contribution is 7.98. The molecule has 1 spiro atoms. The second kappa shape index (κ2) is 11.6. The van der Waals surface area contributed by atoms with Crippen molar-refractivity contribution in [3.05, 3.63) is 35.4 Å². The van der Waals surface area contributed by atoms with Gasteiger partial charge in [0, 0.05) is 10.6 Å². The van der Waals surface area contributed by atoms with Gasteiger partial charge in [0.25, 0.3) is 10.1 Å². The number of carbonyl (C=O) groups excluding carboxylic acids is 1. The van der Waals surface area contributed by atoms with E-state index in [0.717, 1.165) is 10.3 Å². The number of benzene rings is 1. The van der Waals surface area contributed by atoms with Crippen LogP contribution >= 0.6 is 11.8 Å². The van der Waals surface area contributed by atoms with Crippen molar-refractivity contribution >= 4 is 50.2 Å². The Kier molecular flexibility index (Phi) is 9.65. The smallest absolute Gasteiger partial charge is 0.321 e. The van der Waals surface area contributed by atoms with E-state index >= 15 is 0 Å². The van der Waals surface area contributed by atoms with Gasteiger partial charge in [-0.05, 0) is 66.8 Å².